The maximum atomic E-state index is 6.05. The summed E-state index contributed by atoms with van der Waals surface area (Å²) >= 11 is 6.05. The number of fused-ring (bicyclic) bond motifs is 1. The summed E-state index contributed by atoms with van der Waals surface area (Å²) < 4.78 is 1.93. The molecule has 1 fully saturated rings. The van der Waals surface area contributed by atoms with Gasteiger partial charge >= 0.3 is 0 Å². The number of aromatic nitrogens is 5. The predicted molar refractivity (Wildman–Crippen MR) is 65.0 cm³/mol. The third-order valence-corrected chi connectivity index (χ3v) is 3.58. The Hall–Kier alpha value is -1.23. The van der Waals surface area contributed by atoms with E-state index in [0.29, 0.717) is 22.5 Å². The van der Waals surface area contributed by atoms with Crippen molar-refractivity contribution in [2.75, 3.05) is 0 Å². The minimum atomic E-state index is 0.398. The van der Waals surface area contributed by atoms with Crippen LogP contribution in [0.3, 0.4) is 0 Å². The van der Waals surface area contributed by atoms with Gasteiger partial charge in [-0.2, -0.15) is 0 Å². The topological polar surface area (TPSA) is 56.5 Å². The van der Waals surface area contributed by atoms with Crippen LogP contribution >= 0.6 is 11.6 Å². The van der Waals surface area contributed by atoms with Gasteiger partial charge < -0.3 is 0 Å². The molecule has 0 spiro atoms. The second-order valence-electron chi connectivity index (χ2n) is 4.56. The number of rotatable bonds is 1. The molecule has 0 atom stereocenters. The molecule has 0 aromatic carbocycles. The maximum absolute atomic E-state index is 6.05. The molecule has 0 N–H and O–H groups in total. The minimum Gasteiger partial charge on any atom is -0.224 e. The highest BCUT2D eigenvalue weighted by atomic mass is 35.5. The van der Waals surface area contributed by atoms with Crippen molar-refractivity contribution < 1.29 is 0 Å². The number of hydrogen-bond donors (Lipinski definition) is 0. The van der Waals surface area contributed by atoms with Crippen LogP contribution in [0.4, 0.5) is 0 Å². The fraction of sp³-hybridized carbons (Fsp3) is 0.636. The SMILES string of the molecule is Cc1nc(Cl)c2nnn(C3CCCCC3)c2n1. The van der Waals surface area contributed by atoms with Gasteiger partial charge in [-0.3, -0.25) is 0 Å². The van der Waals surface area contributed by atoms with Crippen LogP contribution in [0.2, 0.25) is 5.15 Å². The highest BCUT2D eigenvalue weighted by Crippen LogP contribution is 2.30. The van der Waals surface area contributed by atoms with Gasteiger partial charge in [0.25, 0.3) is 0 Å². The first-order chi connectivity index (χ1) is 8.25. The second kappa shape index (κ2) is 4.22. The van der Waals surface area contributed by atoms with Crippen molar-refractivity contribution in [1.82, 2.24) is 25.0 Å². The maximum Gasteiger partial charge on any atom is 0.183 e. The van der Waals surface area contributed by atoms with Crippen LogP contribution < -0.4 is 0 Å². The monoisotopic (exact) mass is 251 g/mol. The van der Waals surface area contributed by atoms with E-state index in [2.05, 4.69) is 20.3 Å². The zero-order chi connectivity index (χ0) is 11.8. The first kappa shape index (κ1) is 10.9. The van der Waals surface area contributed by atoms with E-state index >= 15 is 0 Å². The van der Waals surface area contributed by atoms with E-state index in [1.807, 2.05) is 11.6 Å². The summed E-state index contributed by atoms with van der Waals surface area (Å²) in [4.78, 5) is 8.51. The Kier molecular flexibility index (Phi) is 2.70. The van der Waals surface area contributed by atoms with Gasteiger partial charge in [0.05, 0.1) is 6.04 Å². The van der Waals surface area contributed by atoms with Crippen molar-refractivity contribution in [3.8, 4) is 0 Å². The van der Waals surface area contributed by atoms with Gasteiger partial charge in [-0.05, 0) is 19.8 Å². The van der Waals surface area contributed by atoms with Crippen molar-refractivity contribution in [2.45, 2.75) is 45.1 Å². The molecule has 0 unspecified atom stereocenters. The van der Waals surface area contributed by atoms with Crippen LogP contribution in [0.5, 0.6) is 0 Å². The lowest BCUT2D eigenvalue weighted by Crippen LogP contribution is -2.14. The van der Waals surface area contributed by atoms with Gasteiger partial charge in [0.1, 0.15) is 5.82 Å². The molecule has 2 aromatic heterocycles. The zero-order valence-corrected chi connectivity index (χ0v) is 10.5. The third-order valence-electron chi connectivity index (χ3n) is 3.31. The summed E-state index contributed by atoms with van der Waals surface area (Å²) in [6, 6.07) is 0.416. The largest absolute Gasteiger partial charge is 0.224 e. The molecule has 0 aliphatic heterocycles. The third kappa shape index (κ3) is 1.88. The van der Waals surface area contributed by atoms with E-state index < -0.39 is 0 Å². The summed E-state index contributed by atoms with van der Waals surface area (Å²) in [6.07, 6.45) is 6.13. The van der Waals surface area contributed by atoms with Gasteiger partial charge in [0.15, 0.2) is 16.3 Å². The molecule has 5 nitrogen and oxygen atoms in total. The molecular weight excluding hydrogens is 238 g/mol. The Bertz CT molecular complexity index is 544. The predicted octanol–water partition coefficient (Wildman–Crippen LogP) is 2.69. The fourth-order valence-corrected chi connectivity index (χ4v) is 2.72. The molecule has 1 aliphatic carbocycles. The summed E-state index contributed by atoms with van der Waals surface area (Å²) in [5.41, 5.74) is 1.39. The molecule has 0 amide bonds. The Labute approximate surface area is 104 Å². The number of nitrogens with zero attached hydrogens (tertiary/aromatic N) is 5. The smallest absolute Gasteiger partial charge is 0.183 e. The van der Waals surface area contributed by atoms with Crippen LogP contribution in [-0.2, 0) is 0 Å². The van der Waals surface area contributed by atoms with Crippen molar-refractivity contribution in [1.29, 1.82) is 0 Å². The molecular formula is C11H14ClN5. The highest BCUT2D eigenvalue weighted by Gasteiger charge is 2.21. The fourth-order valence-electron chi connectivity index (χ4n) is 2.47. The molecule has 2 heterocycles. The Balaban J connectivity index is 2.10. The van der Waals surface area contributed by atoms with Crippen LogP contribution in [0.25, 0.3) is 11.2 Å². The summed E-state index contributed by atoms with van der Waals surface area (Å²) in [7, 11) is 0. The van der Waals surface area contributed by atoms with Gasteiger partial charge in [-0.15, -0.1) is 5.10 Å². The molecule has 0 bridgehead atoms. The van der Waals surface area contributed by atoms with Crippen LogP contribution in [0.1, 0.15) is 44.0 Å². The van der Waals surface area contributed by atoms with Gasteiger partial charge in [-0.25, -0.2) is 14.6 Å². The summed E-state index contributed by atoms with van der Waals surface area (Å²) in [6.45, 7) is 1.84. The van der Waals surface area contributed by atoms with Crippen molar-refractivity contribution in [3.63, 3.8) is 0 Å². The Morgan fingerprint density at radius 2 is 1.94 bits per heavy atom. The van der Waals surface area contributed by atoms with Crippen LogP contribution in [0, 0.1) is 6.92 Å². The minimum absolute atomic E-state index is 0.398. The molecule has 17 heavy (non-hydrogen) atoms. The van der Waals surface area contributed by atoms with E-state index in [1.54, 1.807) is 0 Å². The standard InChI is InChI=1S/C11H14ClN5/c1-7-13-10(12)9-11(14-7)17(16-15-9)8-5-3-2-4-6-8/h8H,2-6H2,1H3. The highest BCUT2D eigenvalue weighted by molar-refractivity contribution is 6.33. The van der Waals surface area contributed by atoms with Crippen molar-refractivity contribution >= 4 is 22.8 Å². The molecule has 0 saturated heterocycles. The molecule has 3 rings (SSSR count). The van der Waals surface area contributed by atoms with Gasteiger partial charge in [0.2, 0.25) is 0 Å². The molecule has 90 valence electrons. The lowest BCUT2D eigenvalue weighted by atomic mass is 9.96. The first-order valence-corrected chi connectivity index (χ1v) is 6.38. The Morgan fingerprint density at radius 1 is 1.18 bits per heavy atom. The van der Waals surface area contributed by atoms with E-state index in [-0.39, 0.29) is 0 Å². The normalized spacial score (nSPS) is 17.8. The van der Waals surface area contributed by atoms with Crippen LogP contribution in [0.15, 0.2) is 0 Å². The summed E-state index contributed by atoms with van der Waals surface area (Å²) in [5.74, 6) is 0.668. The first-order valence-electron chi connectivity index (χ1n) is 6.01. The summed E-state index contributed by atoms with van der Waals surface area (Å²) in [5, 5.41) is 8.69. The molecule has 0 radical (unpaired) electrons. The van der Waals surface area contributed by atoms with E-state index in [9.17, 15) is 0 Å². The van der Waals surface area contributed by atoms with E-state index in [4.69, 9.17) is 11.6 Å². The molecule has 1 saturated carbocycles. The lowest BCUT2D eigenvalue weighted by Gasteiger charge is -2.21. The average molecular weight is 252 g/mol. The average Bonchev–Trinajstić information content (AvgIpc) is 2.74. The molecule has 6 heteroatoms. The number of halogens is 1. The van der Waals surface area contributed by atoms with Crippen molar-refractivity contribution in [2.24, 2.45) is 0 Å². The van der Waals surface area contributed by atoms with Gasteiger partial charge in [-0.1, -0.05) is 36.1 Å². The second-order valence-corrected chi connectivity index (χ2v) is 4.92. The zero-order valence-electron chi connectivity index (χ0n) is 9.73. The number of aryl methyl sites for hydroxylation is 1. The van der Waals surface area contributed by atoms with E-state index in [1.165, 1.54) is 19.3 Å². The Morgan fingerprint density at radius 3 is 2.71 bits per heavy atom. The van der Waals surface area contributed by atoms with Crippen molar-refractivity contribution in [3.05, 3.63) is 11.0 Å². The lowest BCUT2D eigenvalue weighted by molar-refractivity contribution is 0.330. The number of hydrogen-bond acceptors (Lipinski definition) is 4. The quantitative estimate of drug-likeness (QED) is 0.732. The molecule has 2 aromatic rings. The van der Waals surface area contributed by atoms with Gasteiger partial charge in [0, 0.05) is 0 Å². The molecule has 1 aliphatic rings. The van der Waals surface area contributed by atoms with Crippen LogP contribution in [-0.4, -0.2) is 25.0 Å². The van der Waals surface area contributed by atoms with E-state index in [0.717, 1.165) is 18.5 Å².